The summed E-state index contributed by atoms with van der Waals surface area (Å²) in [5, 5.41) is 2.98. The molecule has 0 heterocycles. The molecule has 0 bridgehead atoms. The minimum Gasteiger partial charge on any atom is -0.326 e. The predicted molar refractivity (Wildman–Crippen MR) is 90.6 cm³/mol. The summed E-state index contributed by atoms with van der Waals surface area (Å²) in [7, 11) is 0. The van der Waals surface area contributed by atoms with Crippen molar-refractivity contribution in [3.8, 4) is 11.1 Å². The molecule has 2 aromatic carbocycles. The first-order valence-corrected chi connectivity index (χ1v) is 7.90. The Morgan fingerprint density at radius 1 is 1.00 bits per heavy atom. The van der Waals surface area contributed by atoms with E-state index in [9.17, 15) is 4.79 Å². The van der Waals surface area contributed by atoms with E-state index in [2.05, 4.69) is 30.1 Å². The number of benzene rings is 2. The molecule has 2 nitrogen and oxygen atoms in total. The van der Waals surface area contributed by atoms with Crippen LogP contribution in [-0.4, -0.2) is 11.7 Å². The van der Waals surface area contributed by atoms with Crippen LogP contribution in [0.4, 0.5) is 5.69 Å². The Morgan fingerprint density at radius 2 is 1.62 bits per heavy atom. The van der Waals surface area contributed by atoms with Gasteiger partial charge in [-0.2, -0.15) is 12.6 Å². The zero-order chi connectivity index (χ0) is 14.7. The normalized spacial score (nSPS) is 15.5. The lowest BCUT2D eigenvalue weighted by Gasteiger charge is -2.12. The minimum atomic E-state index is 0.0917. The van der Waals surface area contributed by atoms with Gasteiger partial charge in [0.15, 0.2) is 0 Å². The Hall–Kier alpha value is -1.74. The molecule has 1 fully saturated rings. The van der Waals surface area contributed by atoms with E-state index in [4.69, 9.17) is 0 Å². The van der Waals surface area contributed by atoms with Gasteiger partial charge in [0.25, 0.3) is 0 Å². The average Bonchev–Trinajstić information content (AvgIpc) is 3.29. The summed E-state index contributed by atoms with van der Waals surface area (Å²) >= 11 is 4.34. The maximum Gasteiger partial charge on any atom is 0.224 e. The maximum absolute atomic E-state index is 12.0. The number of carbonyl (C=O) groups is 1. The summed E-state index contributed by atoms with van der Waals surface area (Å²) < 4.78 is 0. The van der Waals surface area contributed by atoms with Crippen molar-refractivity contribution in [1.29, 1.82) is 0 Å². The molecule has 1 aliphatic rings. The Labute approximate surface area is 131 Å². The van der Waals surface area contributed by atoms with Gasteiger partial charge in [0.2, 0.25) is 5.91 Å². The molecule has 1 saturated carbocycles. The SMILES string of the molecule is O=C(CC1(CS)CC1)Nc1ccc(-c2ccccc2)cc1. The lowest BCUT2D eigenvalue weighted by molar-refractivity contribution is -0.117. The summed E-state index contributed by atoms with van der Waals surface area (Å²) in [5.74, 6) is 0.891. The summed E-state index contributed by atoms with van der Waals surface area (Å²) in [4.78, 5) is 12.0. The second kappa shape index (κ2) is 5.94. The van der Waals surface area contributed by atoms with E-state index in [0.29, 0.717) is 6.42 Å². The second-order valence-electron chi connectivity index (χ2n) is 5.83. The Bertz CT molecular complexity index is 617. The van der Waals surface area contributed by atoms with E-state index in [0.717, 1.165) is 29.8 Å². The van der Waals surface area contributed by atoms with Crippen molar-refractivity contribution in [2.45, 2.75) is 19.3 Å². The van der Waals surface area contributed by atoms with Crippen molar-refractivity contribution in [3.05, 3.63) is 54.6 Å². The van der Waals surface area contributed by atoms with Gasteiger partial charge in [0, 0.05) is 12.1 Å². The molecule has 0 aromatic heterocycles. The monoisotopic (exact) mass is 297 g/mol. The van der Waals surface area contributed by atoms with Gasteiger partial charge in [0.1, 0.15) is 0 Å². The molecule has 0 saturated heterocycles. The second-order valence-corrected chi connectivity index (χ2v) is 6.14. The van der Waals surface area contributed by atoms with E-state index in [1.165, 1.54) is 5.56 Å². The quantitative estimate of drug-likeness (QED) is 0.787. The molecule has 0 spiro atoms. The first-order chi connectivity index (χ1) is 10.2. The molecule has 0 radical (unpaired) electrons. The van der Waals surface area contributed by atoms with Crippen LogP contribution >= 0.6 is 12.6 Å². The first-order valence-electron chi connectivity index (χ1n) is 7.27. The highest BCUT2D eigenvalue weighted by molar-refractivity contribution is 7.80. The molecule has 3 heteroatoms. The van der Waals surface area contributed by atoms with Gasteiger partial charge in [0.05, 0.1) is 0 Å². The highest BCUT2D eigenvalue weighted by Crippen LogP contribution is 2.49. The molecule has 0 unspecified atom stereocenters. The summed E-state index contributed by atoms with van der Waals surface area (Å²) in [6.45, 7) is 0. The molecule has 1 N–H and O–H groups in total. The van der Waals surface area contributed by atoms with Crippen molar-refractivity contribution in [3.63, 3.8) is 0 Å². The molecule has 3 rings (SSSR count). The molecular weight excluding hydrogens is 278 g/mol. The van der Waals surface area contributed by atoms with Crippen LogP contribution in [0, 0.1) is 5.41 Å². The first kappa shape index (κ1) is 14.2. The third-order valence-electron chi connectivity index (χ3n) is 4.10. The van der Waals surface area contributed by atoms with E-state index in [1.807, 2.05) is 42.5 Å². The molecular formula is C18H19NOS. The van der Waals surface area contributed by atoms with Crippen LogP contribution in [0.25, 0.3) is 11.1 Å². The van der Waals surface area contributed by atoms with Gasteiger partial charge in [-0.05, 0) is 47.3 Å². The van der Waals surface area contributed by atoms with Crippen LogP contribution in [-0.2, 0) is 4.79 Å². The fraction of sp³-hybridized carbons (Fsp3) is 0.278. The van der Waals surface area contributed by atoms with Crippen LogP contribution in [0.1, 0.15) is 19.3 Å². The van der Waals surface area contributed by atoms with Crippen molar-refractivity contribution in [1.82, 2.24) is 0 Å². The summed E-state index contributed by atoms with van der Waals surface area (Å²) in [6, 6.07) is 18.2. The molecule has 1 amide bonds. The van der Waals surface area contributed by atoms with Crippen LogP contribution in [0.3, 0.4) is 0 Å². The lowest BCUT2D eigenvalue weighted by Crippen LogP contribution is -2.18. The molecule has 2 aromatic rings. The van der Waals surface area contributed by atoms with Crippen molar-refractivity contribution in [2.75, 3.05) is 11.1 Å². The highest BCUT2D eigenvalue weighted by atomic mass is 32.1. The van der Waals surface area contributed by atoms with E-state index >= 15 is 0 Å². The summed E-state index contributed by atoms with van der Waals surface area (Å²) in [5.41, 5.74) is 3.36. The van der Waals surface area contributed by atoms with Gasteiger partial charge >= 0.3 is 0 Å². The third-order valence-corrected chi connectivity index (χ3v) is 4.77. The van der Waals surface area contributed by atoms with Gasteiger partial charge in [-0.3, -0.25) is 4.79 Å². The number of hydrogen-bond donors (Lipinski definition) is 2. The predicted octanol–water partition coefficient (Wildman–Crippen LogP) is 4.39. The lowest BCUT2D eigenvalue weighted by atomic mass is 10.0. The number of rotatable bonds is 5. The maximum atomic E-state index is 12.0. The van der Waals surface area contributed by atoms with Crippen LogP contribution in [0.15, 0.2) is 54.6 Å². The van der Waals surface area contributed by atoms with E-state index in [-0.39, 0.29) is 11.3 Å². The molecule has 1 aliphatic carbocycles. The highest BCUT2D eigenvalue weighted by Gasteiger charge is 2.42. The fourth-order valence-electron chi connectivity index (χ4n) is 2.49. The third kappa shape index (κ3) is 3.48. The van der Waals surface area contributed by atoms with Gasteiger partial charge in [-0.15, -0.1) is 0 Å². The van der Waals surface area contributed by atoms with Crippen LogP contribution in [0.2, 0.25) is 0 Å². The Kier molecular flexibility index (Phi) is 4.02. The zero-order valence-corrected chi connectivity index (χ0v) is 12.8. The van der Waals surface area contributed by atoms with Crippen molar-refractivity contribution < 1.29 is 4.79 Å². The number of amides is 1. The average molecular weight is 297 g/mol. The molecule has 0 atom stereocenters. The van der Waals surface area contributed by atoms with Gasteiger partial charge in [-0.1, -0.05) is 42.5 Å². The van der Waals surface area contributed by atoms with Crippen molar-refractivity contribution in [2.24, 2.45) is 5.41 Å². The Morgan fingerprint density at radius 3 is 2.19 bits per heavy atom. The number of anilines is 1. The van der Waals surface area contributed by atoms with E-state index in [1.54, 1.807) is 0 Å². The smallest absolute Gasteiger partial charge is 0.224 e. The van der Waals surface area contributed by atoms with Gasteiger partial charge in [-0.25, -0.2) is 0 Å². The number of carbonyl (C=O) groups excluding carboxylic acids is 1. The van der Waals surface area contributed by atoms with Crippen LogP contribution < -0.4 is 5.32 Å². The largest absolute Gasteiger partial charge is 0.326 e. The summed E-state index contributed by atoms with van der Waals surface area (Å²) in [6.07, 6.45) is 2.82. The molecule has 21 heavy (non-hydrogen) atoms. The Balaban J connectivity index is 1.63. The number of nitrogens with one attached hydrogen (secondary N) is 1. The van der Waals surface area contributed by atoms with Gasteiger partial charge < -0.3 is 5.32 Å². The topological polar surface area (TPSA) is 29.1 Å². The van der Waals surface area contributed by atoms with E-state index < -0.39 is 0 Å². The zero-order valence-electron chi connectivity index (χ0n) is 11.9. The number of hydrogen-bond acceptors (Lipinski definition) is 2. The standard InChI is InChI=1S/C18H19NOS/c20-17(12-18(13-21)10-11-18)19-16-8-6-15(7-9-16)14-4-2-1-3-5-14/h1-9,21H,10-13H2,(H,19,20). The van der Waals surface area contributed by atoms with Crippen LogP contribution in [0.5, 0.6) is 0 Å². The molecule has 0 aliphatic heterocycles. The fourth-order valence-corrected chi connectivity index (χ4v) is 2.92. The number of thiol groups is 1. The van der Waals surface area contributed by atoms with Crippen molar-refractivity contribution >= 4 is 24.2 Å². The minimum absolute atomic E-state index is 0.0917. The molecule has 108 valence electrons.